The number of benzene rings is 1. The van der Waals surface area contributed by atoms with Crippen LogP contribution in [0.25, 0.3) is 22.8 Å². The normalized spacial score (nSPS) is 10.4. The molecule has 3 aromatic rings. The van der Waals surface area contributed by atoms with E-state index in [0.29, 0.717) is 23.0 Å². The van der Waals surface area contributed by atoms with E-state index in [0.717, 1.165) is 5.56 Å². The molecule has 3 rings (SSSR count). The van der Waals surface area contributed by atoms with Crippen LogP contribution in [0.4, 0.5) is 0 Å². The molecule has 0 saturated carbocycles. The number of aromatic hydroxyl groups is 1. The maximum Gasteiger partial charge on any atom is 0.258 e. The van der Waals surface area contributed by atoms with Gasteiger partial charge in [0.1, 0.15) is 0 Å². The van der Waals surface area contributed by atoms with E-state index in [-0.39, 0.29) is 5.75 Å². The lowest BCUT2D eigenvalue weighted by atomic mass is 10.2. The molecule has 6 nitrogen and oxygen atoms in total. The summed E-state index contributed by atoms with van der Waals surface area (Å²) < 4.78 is 10.2. The van der Waals surface area contributed by atoms with Crippen LogP contribution in [0.15, 0.2) is 47.2 Å². The molecule has 0 unspecified atom stereocenters. The first-order valence-electron chi connectivity index (χ1n) is 5.89. The van der Waals surface area contributed by atoms with Gasteiger partial charge in [0.2, 0.25) is 5.82 Å². The number of aromatic nitrogens is 3. The van der Waals surface area contributed by atoms with Gasteiger partial charge in [-0.2, -0.15) is 4.98 Å². The number of nitrogens with zero attached hydrogens (tertiary/aromatic N) is 3. The van der Waals surface area contributed by atoms with Crippen molar-refractivity contribution < 1.29 is 14.4 Å². The van der Waals surface area contributed by atoms with E-state index in [1.54, 1.807) is 36.7 Å². The van der Waals surface area contributed by atoms with Gasteiger partial charge in [0.15, 0.2) is 11.5 Å². The third kappa shape index (κ3) is 2.18. The lowest BCUT2D eigenvalue weighted by molar-refractivity contribution is 0.373. The molecular weight excluding hydrogens is 258 g/mol. The van der Waals surface area contributed by atoms with Gasteiger partial charge < -0.3 is 14.4 Å². The van der Waals surface area contributed by atoms with Crippen LogP contribution in [0.2, 0.25) is 0 Å². The Labute approximate surface area is 114 Å². The van der Waals surface area contributed by atoms with Gasteiger partial charge in [-0.15, -0.1) is 0 Å². The van der Waals surface area contributed by atoms with Crippen molar-refractivity contribution in [3.63, 3.8) is 0 Å². The highest BCUT2D eigenvalue weighted by atomic mass is 16.5. The summed E-state index contributed by atoms with van der Waals surface area (Å²) in [6.07, 6.45) is 3.31. The van der Waals surface area contributed by atoms with E-state index in [1.807, 2.05) is 0 Å². The summed E-state index contributed by atoms with van der Waals surface area (Å²) in [6.45, 7) is 0. The Morgan fingerprint density at radius 1 is 1.10 bits per heavy atom. The summed E-state index contributed by atoms with van der Waals surface area (Å²) in [5.41, 5.74) is 1.43. The van der Waals surface area contributed by atoms with Crippen LogP contribution < -0.4 is 4.74 Å². The summed E-state index contributed by atoms with van der Waals surface area (Å²) in [6, 6.07) is 8.48. The molecule has 0 radical (unpaired) electrons. The Bertz CT molecular complexity index is 726. The van der Waals surface area contributed by atoms with Crippen LogP contribution >= 0.6 is 0 Å². The monoisotopic (exact) mass is 269 g/mol. The lowest BCUT2D eigenvalue weighted by Gasteiger charge is -2.03. The predicted molar refractivity (Wildman–Crippen MR) is 71.2 cm³/mol. The fraction of sp³-hybridized carbons (Fsp3) is 0.0714. The Balaban J connectivity index is 1.96. The molecule has 0 atom stereocenters. The fourth-order valence-electron chi connectivity index (χ4n) is 1.78. The second-order valence-electron chi connectivity index (χ2n) is 4.05. The van der Waals surface area contributed by atoms with Crippen LogP contribution in [0.3, 0.4) is 0 Å². The molecular formula is C14H11N3O3. The zero-order chi connectivity index (χ0) is 13.9. The number of phenolic OH excluding ortho intramolecular Hbond substituents is 1. The Morgan fingerprint density at radius 2 is 1.90 bits per heavy atom. The van der Waals surface area contributed by atoms with Gasteiger partial charge >= 0.3 is 0 Å². The van der Waals surface area contributed by atoms with E-state index in [1.165, 1.54) is 13.2 Å². The summed E-state index contributed by atoms with van der Waals surface area (Å²) in [7, 11) is 1.49. The van der Waals surface area contributed by atoms with Crippen molar-refractivity contribution in [2.24, 2.45) is 0 Å². The second kappa shape index (κ2) is 5.00. The Kier molecular flexibility index (Phi) is 3.04. The smallest absolute Gasteiger partial charge is 0.258 e. The van der Waals surface area contributed by atoms with Gasteiger partial charge in [-0.3, -0.25) is 4.98 Å². The second-order valence-corrected chi connectivity index (χ2v) is 4.05. The van der Waals surface area contributed by atoms with Crippen molar-refractivity contribution in [3.8, 4) is 34.3 Å². The van der Waals surface area contributed by atoms with Crippen LogP contribution in [0, 0.1) is 0 Å². The summed E-state index contributed by atoms with van der Waals surface area (Å²) >= 11 is 0. The fourth-order valence-corrected chi connectivity index (χ4v) is 1.78. The van der Waals surface area contributed by atoms with E-state index >= 15 is 0 Å². The van der Waals surface area contributed by atoms with Crippen LogP contribution in [-0.2, 0) is 0 Å². The van der Waals surface area contributed by atoms with E-state index in [2.05, 4.69) is 15.1 Å². The van der Waals surface area contributed by atoms with Gasteiger partial charge in [0.25, 0.3) is 5.89 Å². The molecule has 2 heterocycles. The molecule has 6 heteroatoms. The maximum atomic E-state index is 9.75. The standard InChI is InChI=1S/C14H11N3O3/c1-19-12-3-2-10(8-11(12)18)14-16-13(17-20-14)9-4-6-15-7-5-9/h2-8,18H,1H3. The van der Waals surface area contributed by atoms with E-state index in [4.69, 9.17) is 9.26 Å². The summed E-state index contributed by atoms with van der Waals surface area (Å²) in [5, 5.41) is 13.7. The van der Waals surface area contributed by atoms with Crippen molar-refractivity contribution in [2.75, 3.05) is 7.11 Å². The third-order valence-corrected chi connectivity index (χ3v) is 2.79. The topological polar surface area (TPSA) is 81.3 Å². The molecule has 2 aromatic heterocycles. The van der Waals surface area contributed by atoms with Crippen molar-refractivity contribution in [3.05, 3.63) is 42.7 Å². The summed E-state index contributed by atoms with van der Waals surface area (Å²) in [4.78, 5) is 8.22. The minimum atomic E-state index is 0.0219. The molecule has 0 amide bonds. The highest BCUT2D eigenvalue weighted by Crippen LogP contribution is 2.31. The van der Waals surface area contributed by atoms with E-state index < -0.39 is 0 Å². The van der Waals surface area contributed by atoms with E-state index in [9.17, 15) is 5.11 Å². The molecule has 1 N–H and O–H groups in total. The number of hydrogen-bond acceptors (Lipinski definition) is 6. The number of phenols is 1. The molecule has 0 aliphatic rings. The Morgan fingerprint density at radius 3 is 2.60 bits per heavy atom. The molecule has 1 aromatic carbocycles. The van der Waals surface area contributed by atoms with Gasteiger partial charge in [-0.05, 0) is 30.3 Å². The van der Waals surface area contributed by atoms with Gasteiger partial charge in [0, 0.05) is 23.5 Å². The molecule has 20 heavy (non-hydrogen) atoms. The molecule has 0 aliphatic heterocycles. The van der Waals surface area contributed by atoms with Crippen molar-refractivity contribution in [2.45, 2.75) is 0 Å². The molecule has 0 saturated heterocycles. The first kappa shape index (κ1) is 12.2. The summed E-state index contributed by atoms with van der Waals surface area (Å²) in [5.74, 6) is 1.21. The SMILES string of the molecule is COc1ccc(-c2nc(-c3ccncc3)no2)cc1O. The zero-order valence-electron chi connectivity index (χ0n) is 10.6. The number of hydrogen-bond donors (Lipinski definition) is 1. The molecule has 0 aliphatic carbocycles. The minimum absolute atomic E-state index is 0.0219. The van der Waals surface area contributed by atoms with Crippen LogP contribution in [-0.4, -0.2) is 27.3 Å². The first-order valence-corrected chi connectivity index (χ1v) is 5.89. The number of pyridine rings is 1. The highest BCUT2D eigenvalue weighted by Gasteiger charge is 2.12. The largest absolute Gasteiger partial charge is 0.504 e. The average Bonchev–Trinajstić information content (AvgIpc) is 2.98. The number of ether oxygens (including phenoxy) is 1. The minimum Gasteiger partial charge on any atom is -0.504 e. The van der Waals surface area contributed by atoms with Crippen molar-refractivity contribution >= 4 is 0 Å². The number of methoxy groups -OCH3 is 1. The van der Waals surface area contributed by atoms with Crippen molar-refractivity contribution in [1.29, 1.82) is 0 Å². The molecule has 100 valence electrons. The third-order valence-electron chi connectivity index (χ3n) is 2.79. The van der Waals surface area contributed by atoms with Gasteiger partial charge in [0.05, 0.1) is 7.11 Å². The maximum absolute atomic E-state index is 9.75. The van der Waals surface area contributed by atoms with Gasteiger partial charge in [-0.1, -0.05) is 5.16 Å². The predicted octanol–water partition coefficient (Wildman–Crippen LogP) is 2.51. The Hall–Kier alpha value is -2.89. The molecule has 0 bridgehead atoms. The molecule has 0 fully saturated rings. The molecule has 0 spiro atoms. The van der Waals surface area contributed by atoms with Crippen molar-refractivity contribution in [1.82, 2.24) is 15.1 Å². The van der Waals surface area contributed by atoms with Crippen LogP contribution in [0.1, 0.15) is 0 Å². The highest BCUT2D eigenvalue weighted by molar-refractivity contribution is 5.62. The first-order chi connectivity index (χ1) is 9.78. The lowest BCUT2D eigenvalue weighted by Crippen LogP contribution is -1.85. The van der Waals surface area contributed by atoms with Crippen LogP contribution in [0.5, 0.6) is 11.5 Å². The van der Waals surface area contributed by atoms with Gasteiger partial charge in [-0.25, -0.2) is 0 Å². The zero-order valence-corrected chi connectivity index (χ0v) is 10.6. The average molecular weight is 269 g/mol. The quantitative estimate of drug-likeness (QED) is 0.786. The number of rotatable bonds is 3.